The van der Waals surface area contributed by atoms with Crippen LogP contribution in [0.15, 0.2) is 71.0 Å². The van der Waals surface area contributed by atoms with E-state index in [1.54, 1.807) is 18.9 Å². The number of ether oxygens (including phenoxy) is 2. The van der Waals surface area contributed by atoms with Crippen molar-refractivity contribution in [3.63, 3.8) is 0 Å². The molecule has 2 saturated carbocycles. The standard InChI is InChI=1S/C25H28O3S/c1-24(2)21-13-14-25(24,15-16-29-20-7-5-4-6-8-20)23(26)22(21)28-17-18-9-11-19(27-3)12-10-18/h4-12,15-16,21-22H,13-14,17H2,1-3H3/b16-15-/t21-,22-,25+/m1/s1. The van der Waals surface area contributed by atoms with Crippen LogP contribution in [0.4, 0.5) is 0 Å². The molecule has 0 spiro atoms. The number of thioether (sulfide) groups is 1. The highest BCUT2D eigenvalue weighted by atomic mass is 32.2. The van der Waals surface area contributed by atoms with Crippen LogP contribution in [-0.4, -0.2) is 19.0 Å². The maximum absolute atomic E-state index is 13.5. The molecule has 2 aliphatic rings. The molecule has 0 heterocycles. The van der Waals surface area contributed by atoms with E-state index >= 15 is 0 Å². The molecule has 4 rings (SSSR count). The molecule has 0 N–H and O–H groups in total. The maximum atomic E-state index is 13.5. The average molecular weight is 409 g/mol. The molecular formula is C25H28O3S. The van der Waals surface area contributed by atoms with Crippen molar-refractivity contribution in [2.75, 3.05) is 7.11 Å². The first-order valence-corrected chi connectivity index (χ1v) is 11.0. The quantitative estimate of drug-likeness (QED) is 0.535. The number of Topliss-reactive ketones (excluding diaryl/α,β-unsaturated/α-hetero) is 1. The third kappa shape index (κ3) is 3.53. The fraction of sp³-hybridized carbons (Fsp3) is 0.400. The Hall–Kier alpha value is -2.04. The molecule has 29 heavy (non-hydrogen) atoms. The highest BCUT2D eigenvalue weighted by Gasteiger charge is 2.68. The van der Waals surface area contributed by atoms with Crippen LogP contribution >= 0.6 is 11.8 Å². The zero-order chi connectivity index (χ0) is 20.5. The summed E-state index contributed by atoms with van der Waals surface area (Å²) in [5.74, 6) is 1.34. The van der Waals surface area contributed by atoms with Gasteiger partial charge in [0.05, 0.1) is 19.1 Å². The number of rotatable bonds is 7. The van der Waals surface area contributed by atoms with Crippen molar-refractivity contribution in [1.29, 1.82) is 0 Å². The summed E-state index contributed by atoms with van der Waals surface area (Å²) >= 11 is 1.67. The van der Waals surface area contributed by atoms with E-state index in [1.165, 1.54) is 4.90 Å². The van der Waals surface area contributed by atoms with Gasteiger partial charge in [0.2, 0.25) is 0 Å². The molecule has 2 fully saturated rings. The van der Waals surface area contributed by atoms with Crippen molar-refractivity contribution in [3.8, 4) is 5.75 Å². The average Bonchev–Trinajstić information content (AvgIpc) is 3.08. The van der Waals surface area contributed by atoms with Gasteiger partial charge in [0, 0.05) is 4.90 Å². The van der Waals surface area contributed by atoms with Crippen LogP contribution in [0.5, 0.6) is 5.75 Å². The lowest BCUT2D eigenvalue weighted by atomic mass is 9.69. The number of ketones is 1. The largest absolute Gasteiger partial charge is 0.497 e. The highest BCUT2D eigenvalue weighted by Crippen LogP contribution is 2.65. The van der Waals surface area contributed by atoms with E-state index in [1.807, 2.05) is 42.5 Å². The fourth-order valence-electron chi connectivity index (χ4n) is 5.01. The summed E-state index contributed by atoms with van der Waals surface area (Å²) < 4.78 is 11.4. The van der Waals surface area contributed by atoms with Crippen molar-refractivity contribution in [1.82, 2.24) is 0 Å². The minimum absolute atomic E-state index is 0.0948. The Morgan fingerprint density at radius 2 is 1.83 bits per heavy atom. The summed E-state index contributed by atoms with van der Waals surface area (Å²) in [6.45, 7) is 4.92. The van der Waals surface area contributed by atoms with Gasteiger partial charge in [-0.1, -0.05) is 62.0 Å². The third-order valence-electron chi connectivity index (χ3n) is 6.88. The van der Waals surface area contributed by atoms with Gasteiger partial charge in [0.15, 0.2) is 5.78 Å². The van der Waals surface area contributed by atoms with Crippen LogP contribution in [0, 0.1) is 16.7 Å². The lowest BCUT2D eigenvalue weighted by Crippen LogP contribution is -2.37. The normalized spacial score (nSPS) is 27.6. The molecule has 152 valence electrons. The van der Waals surface area contributed by atoms with Gasteiger partial charge in [0.1, 0.15) is 11.9 Å². The molecule has 0 unspecified atom stereocenters. The molecule has 2 aromatic rings. The van der Waals surface area contributed by atoms with Crippen molar-refractivity contribution < 1.29 is 14.3 Å². The number of hydrogen-bond donors (Lipinski definition) is 0. The Labute approximate surface area is 177 Å². The Balaban J connectivity index is 1.48. The molecular weight excluding hydrogens is 380 g/mol. The minimum Gasteiger partial charge on any atom is -0.497 e. The van der Waals surface area contributed by atoms with Crippen molar-refractivity contribution >= 4 is 17.5 Å². The molecule has 2 aromatic carbocycles. The van der Waals surface area contributed by atoms with Crippen LogP contribution in [0.2, 0.25) is 0 Å². The van der Waals surface area contributed by atoms with Gasteiger partial charge in [-0.25, -0.2) is 0 Å². The summed E-state index contributed by atoms with van der Waals surface area (Å²) in [4.78, 5) is 14.6. The van der Waals surface area contributed by atoms with Gasteiger partial charge in [-0.05, 0) is 59.4 Å². The molecule has 3 nitrogen and oxygen atoms in total. The zero-order valence-electron chi connectivity index (χ0n) is 17.3. The molecule has 0 aromatic heterocycles. The third-order valence-corrected chi connectivity index (χ3v) is 7.69. The van der Waals surface area contributed by atoms with E-state index in [4.69, 9.17) is 9.47 Å². The first kappa shape index (κ1) is 20.2. The van der Waals surface area contributed by atoms with Crippen LogP contribution in [0.25, 0.3) is 0 Å². The van der Waals surface area contributed by atoms with Gasteiger partial charge in [-0.3, -0.25) is 4.79 Å². The first-order chi connectivity index (χ1) is 14.0. The predicted octanol–water partition coefficient (Wildman–Crippen LogP) is 5.89. The minimum atomic E-state index is -0.427. The topological polar surface area (TPSA) is 35.5 Å². The molecule has 3 atom stereocenters. The molecule has 4 heteroatoms. The van der Waals surface area contributed by atoms with Gasteiger partial charge in [-0.2, -0.15) is 0 Å². The second kappa shape index (κ2) is 8.00. The second-order valence-electron chi connectivity index (χ2n) is 8.52. The summed E-state index contributed by atoms with van der Waals surface area (Å²) in [7, 11) is 1.66. The van der Waals surface area contributed by atoms with Gasteiger partial charge in [0.25, 0.3) is 0 Å². The number of carbonyl (C=O) groups excluding carboxylic acids is 1. The number of benzene rings is 2. The number of methoxy groups -OCH3 is 1. The molecule has 2 bridgehead atoms. The molecule has 0 amide bonds. The number of allylic oxidation sites excluding steroid dienone is 1. The van der Waals surface area contributed by atoms with E-state index in [-0.39, 0.29) is 23.2 Å². The smallest absolute Gasteiger partial charge is 0.172 e. The molecule has 2 aliphatic carbocycles. The summed E-state index contributed by atoms with van der Waals surface area (Å²) in [6.07, 6.45) is 3.78. The monoisotopic (exact) mass is 408 g/mol. The van der Waals surface area contributed by atoms with Crippen LogP contribution in [-0.2, 0) is 16.1 Å². The maximum Gasteiger partial charge on any atom is 0.172 e. The van der Waals surface area contributed by atoms with Crippen molar-refractivity contribution in [2.24, 2.45) is 16.7 Å². The van der Waals surface area contributed by atoms with E-state index in [9.17, 15) is 4.79 Å². The van der Waals surface area contributed by atoms with E-state index < -0.39 is 5.41 Å². The number of fused-ring (bicyclic) bond motifs is 2. The lowest BCUT2D eigenvalue weighted by Gasteiger charge is -2.33. The first-order valence-electron chi connectivity index (χ1n) is 10.2. The fourth-order valence-corrected chi connectivity index (χ4v) is 5.78. The summed E-state index contributed by atoms with van der Waals surface area (Å²) in [6, 6.07) is 18.1. The Morgan fingerprint density at radius 3 is 2.52 bits per heavy atom. The second-order valence-corrected chi connectivity index (χ2v) is 9.50. The molecule has 0 radical (unpaired) electrons. The van der Waals surface area contributed by atoms with E-state index in [2.05, 4.69) is 37.5 Å². The number of carbonyl (C=O) groups is 1. The molecule has 0 aliphatic heterocycles. The summed E-state index contributed by atoms with van der Waals surface area (Å²) in [5.41, 5.74) is 0.537. The Morgan fingerprint density at radius 1 is 1.10 bits per heavy atom. The van der Waals surface area contributed by atoms with E-state index in [0.29, 0.717) is 6.61 Å². The van der Waals surface area contributed by atoms with Gasteiger partial charge >= 0.3 is 0 Å². The van der Waals surface area contributed by atoms with Gasteiger partial charge < -0.3 is 9.47 Å². The van der Waals surface area contributed by atoms with E-state index in [0.717, 1.165) is 24.2 Å². The van der Waals surface area contributed by atoms with Crippen molar-refractivity contribution in [2.45, 2.75) is 44.3 Å². The van der Waals surface area contributed by atoms with Crippen LogP contribution in [0.1, 0.15) is 32.3 Å². The summed E-state index contributed by atoms with van der Waals surface area (Å²) in [5, 5.41) is 2.10. The van der Waals surface area contributed by atoms with Gasteiger partial charge in [-0.15, -0.1) is 0 Å². The van der Waals surface area contributed by atoms with Crippen LogP contribution in [0.3, 0.4) is 0 Å². The SMILES string of the molecule is COc1ccc(CO[C@H]2C(=O)[C@@]3(/C=C\Sc4ccccc4)CC[C@H]2C3(C)C)cc1. The van der Waals surface area contributed by atoms with Crippen molar-refractivity contribution in [3.05, 3.63) is 71.6 Å². The lowest BCUT2D eigenvalue weighted by molar-refractivity contribution is -0.138. The molecule has 0 saturated heterocycles. The Bertz CT molecular complexity index is 888. The zero-order valence-corrected chi connectivity index (χ0v) is 18.1. The highest BCUT2D eigenvalue weighted by molar-refractivity contribution is 8.02. The predicted molar refractivity (Wildman–Crippen MR) is 117 cm³/mol. The Kier molecular flexibility index (Phi) is 5.58. The van der Waals surface area contributed by atoms with Crippen LogP contribution < -0.4 is 4.74 Å². The number of hydrogen-bond acceptors (Lipinski definition) is 4.